The molecule has 0 bridgehead atoms. The van der Waals surface area contributed by atoms with Crippen LogP contribution in [-0.4, -0.2) is 31.1 Å². The van der Waals surface area contributed by atoms with E-state index in [1.165, 1.54) is 38.5 Å². The van der Waals surface area contributed by atoms with Gasteiger partial charge in [-0.2, -0.15) is 0 Å². The zero-order chi connectivity index (χ0) is 18.9. The summed E-state index contributed by atoms with van der Waals surface area (Å²) in [4.78, 5) is 11.6. The van der Waals surface area contributed by atoms with Crippen molar-refractivity contribution in [3.8, 4) is 0 Å². The van der Waals surface area contributed by atoms with E-state index < -0.39 is 0 Å². The fraction of sp³-hybridized carbons (Fsp3) is 0.957. The summed E-state index contributed by atoms with van der Waals surface area (Å²) in [5.41, 5.74) is 0.523. The summed E-state index contributed by atoms with van der Waals surface area (Å²) in [5, 5.41) is 0. The lowest BCUT2D eigenvalue weighted by atomic mass is 9.44. The van der Waals surface area contributed by atoms with Crippen molar-refractivity contribution >= 4 is 5.97 Å². The lowest BCUT2D eigenvalue weighted by molar-refractivity contribution is -0.239. The molecule has 5 fully saturated rings. The molecule has 1 heterocycles. The molecule has 0 aromatic rings. The Morgan fingerprint density at radius 2 is 1.63 bits per heavy atom. The predicted octanol–water partition coefficient (Wildman–Crippen LogP) is 4.70. The van der Waals surface area contributed by atoms with E-state index in [1.54, 1.807) is 6.92 Å². The van der Waals surface area contributed by atoms with Gasteiger partial charge in [-0.3, -0.25) is 4.79 Å². The highest BCUT2D eigenvalue weighted by Crippen LogP contribution is 2.67. The van der Waals surface area contributed by atoms with Gasteiger partial charge in [0.15, 0.2) is 5.79 Å². The lowest BCUT2D eigenvalue weighted by Gasteiger charge is -2.62. The van der Waals surface area contributed by atoms with Crippen LogP contribution in [0.15, 0.2) is 0 Å². The van der Waals surface area contributed by atoms with E-state index in [-0.39, 0.29) is 23.3 Å². The minimum atomic E-state index is -0.288. The second-order valence-corrected chi connectivity index (χ2v) is 10.7. The minimum absolute atomic E-state index is 0.107. The summed E-state index contributed by atoms with van der Waals surface area (Å²) in [6.45, 7) is 8.06. The number of carbonyl (C=O) groups is 1. The molecule has 5 aliphatic rings. The van der Waals surface area contributed by atoms with Gasteiger partial charge in [-0.25, -0.2) is 0 Å². The number of hydrogen-bond acceptors (Lipinski definition) is 4. The molecule has 1 saturated heterocycles. The van der Waals surface area contributed by atoms with E-state index >= 15 is 0 Å². The van der Waals surface area contributed by atoms with Crippen molar-refractivity contribution in [2.45, 2.75) is 90.4 Å². The quantitative estimate of drug-likeness (QED) is 0.622. The van der Waals surface area contributed by atoms with Crippen LogP contribution >= 0.6 is 0 Å². The summed E-state index contributed by atoms with van der Waals surface area (Å²) < 4.78 is 18.1. The van der Waals surface area contributed by atoms with E-state index in [2.05, 4.69) is 13.8 Å². The zero-order valence-corrected chi connectivity index (χ0v) is 17.3. The average molecular weight is 377 g/mol. The lowest BCUT2D eigenvalue weighted by Crippen LogP contribution is -2.57. The smallest absolute Gasteiger partial charge is 0.302 e. The topological polar surface area (TPSA) is 44.8 Å². The highest BCUT2D eigenvalue weighted by Gasteiger charge is 2.63. The molecular formula is C23H36O4. The van der Waals surface area contributed by atoms with Crippen molar-refractivity contribution in [2.75, 3.05) is 13.2 Å². The molecule has 0 radical (unpaired) electrons. The first-order chi connectivity index (χ1) is 12.9. The van der Waals surface area contributed by atoms with Crippen molar-refractivity contribution in [3.63, 3.8) is 0 Å². The first-order valence-electron chi connectivity index (χ1n) is 11.3. The number of esters is 1. The van der Waals surface area contributed by atoms with Crippen LogP contribution in [0.2, 0.25) is 0 Å². The number of hydrogen-bond donors (Lipinski definition) is 0. The van der Waals surface area contributed by atoms with Crippen LogP contribution in [0.4, 0.5) is 0 Å². The molecule has 0 N–H and O–H groups in total. The van der Waals surface area contributed by atoms with Gasteiger partial charge in [0.25, 0.3) is 0 Å². The van der Waals surface area contributed by atoms with E-state index in [0.717, 1.165) is 50.2 Å². The standard InChI is InChI=1S/C23H36O4/c1-15(24)27-20-7-6-18-17-5-4-16-8-11-23(25-12-13-26-23)14-22(16,3)19(17)9-10-21(18,20)2/h16-20H,4-14H2,1-3H3/t16-,17-,18+,19+,20+,21+,22-/m0/s1. The molecule has 7 atom stereocenters. The zero-order valence-electron chi connectivity index (χ0n) is 17.3. The van der Waals surface area contributed by atoms with Crippen molar-refractivity contribution in [2.24, 2.45) is 34.5 Å². The molecule has 0 aromatic heterocycles. The third-order valence-corrected chi connectivity index (χ3v) is 9.62. The summed E-state index contributed by atoms with van der Waals surface area (Å²) in [5.74, 6) is 2.69. The molecule has 27 heavy (non-hydrogen) atoms. The van der Waals surface area contributed by atoms with Crippen LogP contribution in [0, 0.1) is 34.5 Å². The molecule has 1 aliphatic heterocycles. The summed E-state index contributed by atoms with van der Waals surface area (Å²) in [7, 11) is 0. The van der Waals surface area contributed by atoms with Crippen molar-refractivity contribution in [1.82, 2.24) is 0 Å². The molecule has 4 saturated carbocycles. The SMILES string of the molecule is CC(=O)O[C@@H]1CC[C@@H]2[C@@H]3CC[C@H]4CCC5(C[C@]4(C)[C@@H]3CC[C@]21C)OCCO5. The number of ether oxygens (including phenoxy) is 3. The number of rotatable bonds is 1. The van der Waals surface area contributed by atoms with Crippen LogP contribution in [0.1, 0.15) is 78.6 Å². The Hall–Kier alpha value is -0.610. The summed E-state index contributed by atoms with van der Waals surface area (Å²) in [6, 6.07) is 0. The molecule has 0 aromatic carbocycles. The first-order valence-corrected chi connectivity index (χ1v) is 11.3. The fourth-order valence-electron chi connectivity index (χ4n) is 8.44. The highest BCUT2D eigenvalue weighted by molar-refractivity contribution is 5.66. The Morgan fingerprint density at radius 3 is 2.37 bits per heavy atom. The Kier molecular flexibility index (Phi) is 4.22. The van der Waals surface area contributed by atoms with Crippen LogP contribution in [0.25, 0.3) is 0 Å². The summed E-state index contributed by atoms with van der Waals surface area (Å²) >= 11 is 0. The van der Waals surface area contributed by atoms with Gasteiger partial charge in [0.05, 0.1) is 13.2 Å². The van der Waals surface area contributed by atoms with Gasteiger partial charge in [0.1, 0.15) is 6.10 Å². The third kappa shape index (κ3) is 2.65. The Bertz CT molecular complexity index is 611. The molecule has 1 spiro atoms. The monoisotopic (exact) mass is 376 g/mol. The van der Waals surface area contributed by atoms with Gasteiger partial charge in [0.2, 0.25) is 0 Å². The molecule has 152 valence electrons. The van der Waals surface area contributed by atoms with Gasteiger partial charge < -0.3 is 14.2 Å². The maximum Gasteiger partial charge on any atom is 0.302 e. The van der Waals surface area contributed by atoms with E-state index in [1.807, 2.05) is 0 Å². The molecule has 4 heteroatoms. The van der Waals surface area contributed by atoms with Crippen molar-refractivity contribution in [1.29, 1.82) is 0 Å². The first kappa shape index (κ1) is 18.4. The number of fused-ring (bicyclic) bond motifs is 5. The Balaban J connectivity index is 1.41. The second kappa shape index (κ2) is 6.19. The maximum atomic E-state index is 11.6. The van der Waals surface area contributed by atoms with E-state index in [4.69, 9.17) is 14.2 Å². The van der Waals surface area contributed by atoms with E-state index in [9.17, 15) is 4.79 Å². The minimum Gasteiger partial charge on any atom is -0.462 e. The Morgan fingerprint density at radius 1 is 0.889 bits per heavy atom. The largest absolute Gasteiger partial charge is 0.462 e. The van der Waals surface area contributed by atoms with Gasteiger partial charge in [-0.1, -0.05) is 13.8 Å². The maximum absolute atomic E-state index is 11.6. The Labute approximate surface area is 163 Å². The van der Waals surface area contributed by atoms with Crippen LogP contribution in [0.5, 0.6) is 0 Å². The third-order valence-electron chi connectivity index (χ3n) is 9.62. The molecule has 0 unspecified atom stereocenters. The average Bonchev–Trinajstić information content (AvgIpc) is 3.19. The molecular weight excluding hydrogens is 340 g/mol. The highest BCUT2D eigenvalue weighted by atomic mass is 16.7. The summed E-state index contributed by atoms with van der Waals surface area (Å²) in [6.07, 6.45) is 11.1. The molecule has 4 nitrogen and oxygen atoms in total. The van der Waals surface area contributed by atoms with Gasteiger partial charge in [-0.15, -0.1) is 0 Å². The number of carbonyl (C=O) groups excluding carboxylic acids is 1. The van der Waals surface area contributed by atoms with Crippen LogP contribution in [-0.2, 0) is 19.0 Å². The van der Waals surface area contributed by atoms with Crippen molar-refractivity contribution < 1.29 is 19.0 Å². The second-order valence-electron chi connectivity index (χ2n) is 10.7. The van der Waals surface area contributed by atoms with E-state index in [0.29, 0.717) is 11.3 Å². The van der Waals surface area contributed by atoms with Gasteiger partial charge in [-0.05, 0) is 74.0 Å². The van der Waals surface area contributed by atoms with Crippen molar-refractivity contribution in [3.05, 3.63) is 0 Å². The molecule has 0 amide bonds. The molecule has 4 aliphatic carbocycles. The van der Waals surface area contributed by atoms with Gasteiger partial charge >= 0.3 is 5.97 Å². The fourth-order valence-corrected chi connectivity index (χ4v) is 8.44. The van der Waals surface area contributed by atoms with Gasteiger partial charge in [0, 0.05) is 25.2 Å². The normalized spacial score (nSPS) is 50.7. The molecule has 5 rings (SSSR count). The van der Waals surface area contributed by atoms with Crippen LogP contribution < -0.4 is 0 Å². The predicted molar refractivity (Wildman–Crippen MR) is 102 cm³/mol. The van der Waals surface area contributed by atoms with Crippen LogP contribution in [0.3, 0.4) is 0 Å².